The standard InChI is InChI=1S/C17H15N3O3/c1-10-2-4-11(5-3-10)13-9-15(20-19-13)17(23)18-14-8-12(21)6-7-16(14)22/h2-9,21-22H,1H3,(H,18,23)(H,19,20). The summed E-state index contributed by atoms with van der Waals surface area (Å²) in [5.74, 6) is -0.644. The number of carbonyl (C=O) groups excluding carboxylic acids is 1. The summed E-state index contributed by atoms with van der Waals surface area (Å²) in [5, 5.41) is 28.4. The third-order valence-corrected chi connectivity index (χ3v) is 3.40. The van der Waals surface area contributed by atoms with E-state index < -0.39 is 5.91 Å². The number of aromatic amines is 1. The molecular formula is C17H15N3O3. The predicted octanol–water partition coefficient (Wildman–Crippen LogP) is 3.05. The highest BCUT2D eigenvalue weighted by atomic mass is 16.3. The lowest BCUT2D eigenvalue weighted by Crippen LogP contribution is -2.12. The van der Waals surface area contributed by atoms with Crippen molar-refractivity contribution in [3.05, 3.63) is 59.8 Å². The molecule has 3 aromatic rings. The minimum Gasteiger partial charge on any atom is -0.508 e. The lowest BCUT2D eigenvalue weighted by atomic mass is 10.1. The van der Waals surface area contributed by atoms with Crippen molar-refractivity contribution in [1.29, 1.82) is 0 Å². The van der Waals surface area contributed by atoms with Gasteiger partial charge in [-0.2, -0.15) is 5.10 Å². The molecule has 6 heteroatoms. The molecule has 0 radical (unpaired) electrons. The summed E-state index contributed by atoms with van der Waals surface area (Å²) in [7, 11) is 0. The predicted molar refractivity (Wildman–Crippen MR) is 86.5 cm³/mol. The van der Waals surface area contributed by atoms with Crippen LogP contribution in [0.15, 0.2) is 48.5 Å². The van der Waals surface area contributed by atoms with Crippen molar-refractivity contribution in [1.82, 2.24) is 10.2 Å². The minimum atomic E-state index is -0.461. The van der Waals surface area contributed by atoms with Crippen molar-refractivity contribution in [2.75, 3.05) is 5.32 Å². The van der Waals surface area contributed by atoms with E-state index >= 15 is 0 Å². The van der Waals surface area contributed by atoms with Crippen molar-refractivity contribution in [3.63, 3.8) is 0 Å². The molecule has 1 amide bonds. The molecule has 4 N–H and O–H groups in total. The van der Waals surface area contributed by atoms with Crippen LogP contribution in [0.1, 0.15) is 16.1 Å². The SMILES string of the molecule is Cc1ccc(-c2cc(C(=O)Nc3cc(O)ccc3O)[nH]n2)cc1. The first-order valence-corrected chi connectivity index (χ1v) is 6.99. The third-order valence-electron chi connectivity index (χ3n) is 3.40. The number of hydrogen-bond acceptors (Lipinski definition) is 4. The number of amides is 1. The number of carbonyl (C=O) groups is 1. The van der Waals surface area contributed by atoms with Gasteiger partial charge in [0.05, 0.1) is 11.4 Å². The van der Waals surface area contributed by atoms with Crippen LogP contribution in [0.3, 0.4) is 0 Å². The second-order valence-electron chi connectivity index (χ2n) is 5.19. The maximum absolute atomic E-state index is 12.2. The number of aryl methyl sites for hydroxylation is 1. The molecule has 1 heterocycles. The molecule has 116 valence electrons. The number of hydrogen-bond donors (Lipinski definition) is 4. The number of benzene rings is 2. The smallest absolute Gasteiger partial charge is 0.273 e. The highest BCUT2D eigenvalue weighted by Gasteiger charge is 2.13. The van der Waals surface area contributed by atoms with Crippen molar-refractivity contribution in [2.24, 2.45) is 0 Å². The van der Waals surface area contributed by atoms with E-state index in [-0.39, 0.29) is 22.9 Å². The van der Waals surface area contributed by atoms with Gasteiger partial charge >= 0.3 is 0 Å². The lowest BCUT2D eigenvalue weighted by molar-refractivity contribution is 0.102. The zero-order valence-corrected chi connectivity index (χ0v) is 12.4. The Hall–Kier alpha value is -3.28. The van der Waals surface area contributed by atoms with E-state index in [0.717, 1.165) is 11.1 Å². The van der Waals surface area contributed by atoms with E-state index in [1.165, 1.54) is 18.2 Å². The average molecular weight is 309 g/mol. The van der Waals surface area contributed by atoms with Gasteiger partial charge in [0.2, 0.25) is 0 Å². The fourth-order valence-corrected chi connectivity index (χ4v) is 2.12. The van der Waals surface area contributed by atoms with E-state index in [0.29, 0.717) is 5.69 Å². The van der Waals surface area contributed by atoms with Gasteiger partial charge < -0.3 is 15.5 Å². The zero-order chi connectivity index (χ0) is 16.4. The van der Waals surface area contributed by atoms with E-state index in [1.54, 1.807) is 6.07 Å². The topological polar surface area (TPSA) is 98.2 Å². The van der Waals surface area contributed by atoms with Gasteiger partial charge in [-0.05, 0) is 25.1 Å². The number of aromatic nitrogens is 2. The normalized spacial score (nSPS) is 10.5. The average Bonchev–Trinajstić information content (AvgIpc) is 3.02. The Morgan fingerprint density at radius 2 is 1.83 bits per heavy atom. The maximum atomic E-state index is 12.2. The number of phenolic OH excluding ortho intramolecular Hbond substituents is 2. The molecule has 6 nitrogen and oxygen atoms in total. The van der Waals surface area contributed by atoms with Crippen molar-refractivity contribution < 1.29 is 15.0 Å². The summed E-state index contributed by atoms with van der Waals surface area (Å²) in [6.07, 6.45) is 0. The summed E-state index contributed by atoms with van der Waals surface area (Å²) in [6.45, 7) is 1.99. The van der Waals surface area contributed by atoms with Crippen molar-refractivity contribution in [3.8, 4) is 22.8 Å². The molecule has 2 aromatic carbocycles. The van der Waals surface area contributed by atoms with Crippen LogP contribution in [0.4, 0.5) is 5.69 Å². The first-order chi connectivity index (χ1) is 11.0. The summed E-state index contributed by atoms with van der Waals surface area (Å²) in [6, 6.07) is 13.3. The van der Waals surface area contributed by atoms with Crippen LogP contribution in [0.25, 0.3) is 11.3 Å². The van der Waals surface area contributed by atoms with E-state index in [1.807, 2.05) is 31.2 Å². The number of aromatic hydroxyl groups is 2. The second kappa shape index (κ2) is 5.84. The van der Waals surface area contributed by atoms with Gasteiger partial charge in [0.1, 0.15) is 17.2 Å². The zero-order valence-electron chi connectivity index (χ0n) is 12.4. The molecule has 0 aliphatic rings. The molecule has 23 heavy (non-hydrogen) atoms. The largest absolute Gasteiger partial charge is 0.508 e. The molecule has 0 saturated carbocycles. The number of phenols is 2. The van der Waals surface area contributed by atoms with E-state index in [4.69, 9.17) is 0 Å². The first kappa shape index (κ1) is 14.6. The van der Waals surface area contributed by atoms with E-state index in [9.17, 15) is 15.0 Å². The highest BCUT2D eigenvalue weighted by Crippen LogP contribution is 2.27. The molecule has 0 unspecified atom stereocenters. The molecule has 0 saturated heterocycles. The number of anilines is 1. The van der Waals surface area contributed by atoms with Crippen LogP contribution in [0, 0.1) is 6.92 Å². The van der Waals surface area contributed by atoms with Crippen LogP contribution in [-0.2, 0) is 0 Å². The van der Waals surface area contributed by atoms with Crippen molar-refractivity contribution >= 4 is 11.6 Å². The Kier molecular flexibility index (Phi) is 3.72. The van der Waals surface area contributed by atoms with Crippen LogP contribution in [0.2, 0.25) is 0 Å². The van der Waals surface area contributed by atoms with Crippen LogP contribution < -0.4 is 5.32 Å². The summed E-state index contributed by atoms with van der Waals surface area (Å²) in [5.41, 5.74) is 3.06. The van der Waals surface area contributed by atoms with Crippen LogP contribution in [-0.4, -0.2) is 26.3 Å². The third kappa shape index (κ3) is 3.16. The fourth-order valence-electron chi connectivity index (χ4n) is 2.12. The van der Waals surface area contributed by atoms with E-state index in [2.05, 4.69) is 15.5 Å². The molecule has 1 aromatic heterocycles. The van der Waals surface area contributed by atoms with Gasteiger partial charge in [-0.1, -0.05) is 29.8 Å². The summed E-state index contributed by atoms with van der Waals surface area (Å²) < 4.78 is 0. The quantitative estimate of drug-likeness (QED) is 0.441. The highest BCUT2D eigenvalue weighted by molar-refractivity contribution is 6.04. The Morgan fingerprint density at radius 1 is 1.09 bits per heavy atom. The Bertz CT molecular complexity index is 854. The first-order valence-electron chi connectivity index (χ1n) is 6.99. The van der Waals surface area contributed by atoms with Gasteiger partial charge in [-0.3, -0.25) is 9.89 Å². The molecule has 0 aliphatic heterocycles. The molecular weight excluding hydrogens is 294 g/mol. The molecule has 0 atom stereocenters. The Labute approximate surface area is 132 Å². The number of nitrogens with zero attached hydrogens (tertiary/aromatic N) is 1. The second-order valence-corrected chi connectivity index (χ2v) is 5.19. The molecule has 3 rings (SSSR count). The number of rotatable bonds is 3. The van der Waals surface area contributed by atoms with Gasteiger partial charge in [0.15, 0.2) is 0 Å². The molecule has 0 fully saturated rings. The Morgan fingerprint density at radius 3 is 2.57 bits per heavy atom. The lowest BCUT2D eigenvalue weighted by Gasteiger charge is -2.06. The van der Waals surface area contributed by atoms with Gasteiger partial charge in [-0.15, -0.1) is 0 Å². The van der Waals surface area contributed by atoms with Crippen LogP contribution in [0.5, 0.6) is 11.5 Å². The number of nitrogens with one attached hydrogen (secondary N) is 2. The van der Waals surface area contributed by atoms with Gasteiger partial charge in [-0.25, -0.2) is 0 Å². The summed E-state index contributed by atoms with van der Waals surface area (Å²) >= 11 is 0. The van der Waals surface area contributed by atoms with Gasteiger partial charge in [0, 0.05) is 11.6 Å². The monoisotopic (exact) mass is 309 g/mol. The minimum absolute atomic E-state index is 0.0527. The van der Waals surface area contributed by atoms with Crippen LogP contribution >= 0.6 is 0 Å². The fraction of sp³-hybridized carbons (Fsp3) is 0.0588. The maximum Gasteiger partial charge on any atom is 0.273 e. The number of H-pyrrole nitrogens is 1. The molecule has 0 bridgehead atoms. The summed E-state index contributed by atoms with van der Waals surface area (Å²) in [4.78, 5) is 12.2. The Balaban J connectivity index is 1.81. The molecule has 0 aliphatic carbocycles. The van der Waals surface area contributed by atoms with Gasteiger partial charge in [0.25, 0.3) is 5.91 Å². The molecule has 0 spiro atoms. The van der Waals surface area contributed by atoms with Crippen molar-refractivity contribution in [2.45, 2.75) is 6.92 Å².